The average Bonchev–Trinajstić information content (AvgIpc) is 2.90. The van der Waals surface area contributed by atoms with Crippen LogP contribution in [-0.4, -0.2) is 30.9 Å². The number of nitrogens with one attached hydrogen (secondary N) is 1. The van der Waals surface area contributed by atoms with Crippen molar-refractivity contribution in [3.8, 4) is 0 Å². The highest BCUT2D eigenvalue weighted by Crippen LogP contribution is 2.25. The molecule has 0 saturated heterocycles. The molecule has 1 aromatic heterocycles. The number of halogens is 3. The summed E-state index contributed by atoms with van der Waals surface area (Å²) in [6.45, 7) is 0. The second-order valence-corrected chi connectivity index (χ2v) is 5.01. The second kappa shape index (κ2) is 7.21. The molecule has 0 saturated carbocycles. The molecule has 0 aliphatic rings. The van der Waals surface area contributed by atoms with Gasteiger partial charge in [0.05, 0.1) is 13.2 Å². The van der Waals surface area contributed by atoms with Gasteiger partial charge in [0, 0.05) is 11.3 Å². The number of alkyl halides is 3. The summed E-state index contributed by atoms with van der Waals surface area (Å²) in [5, 5.41) is 3.36. The van der Waals surface area contributed by atoms with Gasteiger partial charge >= 0.3 is 18.1 Å². The largest absolute Gasteiger partial charge is 0.471 e. The Balaban J connectivity index is 2.77. The maximum atomic E-state index is 12.3. The third-order valence-corrected chi connectivity index (χ3v) is 3.44. The highest BCUT2D eigenvalue weighted by molar-refractivity contribution is 7.10. The van der Waals surface area contributed by atoms with E-state index in [9.17, 15) is 27.6 Å². The molecule has 1 aromatic rings. The van der Waals surface area contributed by atoms with Crippen molar-refractivity contribution in [1.29, 1.82) is 0 Å². The maximum Gasteiger partial charge on any atom is 0.471 e. The smallest absolute Gasteiger partial charge is 0.469 e. The number of amides is 1. The monoisotopic (exact) mass is 323 g/mol. The number of thiophene rings is 1. The molecule has 0 aliphatic heterocycles. The predicted octanol–water partition coefficient (Wildman–Crippen LogP) is 1.99. The van der Waals surface area contributed by atoms with Crippen molar-refractivity contribution in [2.24, 2.45) is 0 Å². The molecule has 0 bridgehead atoms. The number of Topliss-reactive ketones (excluding diaryl/α,β-unsaturated/α-hetero) is 1. The van der Waals surface area contributed by atoms with Crippen LogP contribution in [0.2, 0.25) is 0 Å². The molecular weight excluding hydrogens is 311 g/mol. The minimum absolute atomic E-state index is 0.394. The zero-order valence-electron chi connectivity index (χ0n) is 10.9. The molecule has 116 valence electrons. The number of ketones is 1. The number of methoxy groups -OCH3 is 1. The van der Waals surface area contributed by atoms with Gasteiger partial charge in [-0.2, -0.15) is 13.2 Å². The van der Waals surface area contributed by atoms with Gasteiger partial charge in [0.25, 0.3) is 0 Å². The Labute approximate surface area is 122 Å². The van der Waals surface area contributed by atoms with Gasteiger partial charge in [-0.05, 0) is 11.4 Å². The highest BCUT2D eigenvalue weighted by atomic mass is 32.1. The van der Waals surface area contributed by atoms with Gasteiger partial charge in [-0.25, -0.2) is 0 Å². The van der Waals surface area contributed by atoms with E-state index < -0.39 is 42.7 Å². The van der Waals surface area contributed by atoms with Crippen LogP contribution in [0.5, 0.6) is 0 Å². The molecule has 21 heavy (non-hydrogen) atoms. The van der Waals surface area contributed by atoms with Crippen molar-refractivity contribution in [1.82, 2.24) is 5.32 Å². The first-order valence-electron chi connectivity index (χ1n) is 5.73. The van der Waals surface area contributed by atoms with Crippen LogP contribution in [0.3, 0.4) is 0 Å². The zero-order valence-corrected chi connectivity index (χ0v) is 11.7. The number of hydrogen-bond acceptors (Lipinski definition) is 5. The van der Waals surface area contributed by atoms with E-state index in [0.29, 0.717) is 4.88 Å². The lowest BCUT2D eigenvalue weighted by atomic mass is 10.1. The topological polar surface area (TPSA) is 72.5 Å². The Morgan fingerprint density at radius 3 is 2.52 bits per heavy atom. The van der Waals surface area contributed by atoms with Crippen LogP contribution < -0.4 is 5.32 Å². The van der Waals surface area contributed by atoms with E-state index in [-0.39, 0.29) is 0 Å². The summed E-state index contributed by atoms with van der Waals surface area (Å²) in [5.74, 6) is -3.54. The van der Waals surface area contributed by atoms with E-state index in [4.69, 9.17) is 0 Å². The predicted molar refractivity (Wildman–Crippen MR) is 67.5 cm³/mol. The van der Waals surface area contributed by atoms with Crippen molar-refractivity contribution in [3.05, 3.63) is 22.4 Å². The molecule has 0 spiro atoms. The van der Waals surface area contributed by atoms with Gasteiger partial charge in [0.2, 0.25) is 0 Å². The number of rotatable bonds is 6. The molecule has 1 amide bonds. The average molecular weight is 323 g/mol. The van der Waals surface area contributed by atoms with Gasteiger partial charge in [-0.1, -0.05) is 6.07 Å². The zero-order chi connectivity index (χ0) is 16.0. The number of ether oxygens (including phenoxy) is 1. The first-order chi connectivity index (χ1) is 9.74. The normalized spacial score (nSPS) is 12.6. The molecular formula is C12H12F3NO4S. The van der Waals surface area contributed by atoms with Crippen molar-refractivity contribution in [2.45, 2.75) is 25.1 Å². The Hall–Kier alpha value is -1.90. The van der Waals surface area contributed by atoms with Gasteiger partial charge in [-0.3, -0.25) is 14.4 Å². The van der Waals surface area contributed by atoms with Crippen LogP contribution >= 0.6 is 11.3 Å². The molecule has 1 heterocycles. The van der Waals surface area contributed by atoms with Crippen molar-refractivity contribution >= 4 is 29.0 Å². The summed E-state index contributed by atoms with van der Waals surface area (Å²) >= 11 is 1.10. The summed E-state index contributed by atoms with van der Waals surface area (Å²) in [5.41, 5.74) is 0. The molecule has 0 fully saturated rings. The molecule has 0 aliphatic carbocycles. The number of esters is 1. The SMILES string of the molecule is COC(=O)CC(=O)CC(NC(=O)C(F)(F)F)c1cccs1. The van der Waals surface area contributed by atoms with E-state index in [1.165, 1.54) is 6.07 Å². The molecule has 1 atom stereocenters. The molecule has 1 rings (SSSR count). The summed E-state index contributed by atoms with van der Waals surface area (Å²) in [7, 11) is 1.10. The number of carbonyl (C=O) groups excluding carboxylic acids is 3. The first kappa shape index (κ1) is 17.2. The highest BCUT2D eigenvalue weighted by Gasteiger charge is 2.40. The standard InChI is InChI=1S/C12H12F3NO4S/c1-20-10(18)6-7(17)5-8(9-3-2-4-21-9)16-11(19)12(13,14)15/h2-4,8H,5-6H2,1H3,(H,16,19). The first-order valence-corrected chi connectivity index (χ1v) is 6.61. The third kappa shape index (κ3) is 5.54. The summed E-state index contributed by atoms with van der Waals surface area (Å²) in [6.07, 6.45) is -6.02. The van der Waals surface area contributed by atoms with Gasteiger partial charge in [0.1, 0.15) is 12.2 Å². The van der Waals surface area contributed by atoms with Crippen LogP contribution in [0, 0.1) is 0 Å². The minimum Gasteiger partial charge on any atom is -0.469 e. The fourth-order valence-electron chi connectivity index (χ4n) is 1.49. The van der Waals surface area contributed by atoms with E-state index in [1.807, 2.05) is 0 Å². The van der Waals surface area contributed by atoms with Gasteiger partial charge < -0.3 is 10.1 Å². The fraction of sp³-hybridized carbons (Fsp3) is 0.417. The molecule has 0 aromatic carbocycles. The lowest BCUT2D eigenvalue weighted by Crippen LogP contribution is -2.39. The Bertz CT molecular complexity index is 513. The van der Waals surface area contributed by atoms with Gasteiger partial charge in [-0.15, -0.1) is 11.3 Å². The van der Waals surface area contributed by atoms with Crippen molar-refractivity contribution in [3.63, 3.8) is 0 Å². The van der Waals surface area contributed by atoms with Crippen molar-refractivity contribution < 1.29 is 32.3 Å². The minimum atomic E-state index is -5.04. The third-order valence-electron chi connectivity index (χ3n) is 2.45. The Morgan fingerprint density at radius 2 is 2.05 bits per heavy atom. The van der Waals surface area contributed by atoms with Crippen LogP contribution in [0.1, 0.15) is 23.8 Å². The van der Waals surface area contributed by atoms with E-state index in [1.54, 1.807) is 16.8 Å². The lowest BCUT2D eigenvalue weighted by molar-refractivity contribution is -0.174. The van der Waals surface area contributed by atoms with Crippen molar-refractivity contribution in [2.75, 3.05) is 7.11 Å². The van der Waals surface area contributed by atoms with Crippen LogP contribution in [-0.2, 0) is 19.1 Å². The number of carbonyl (C=O) groups is 3. The second-order valence-electron chi connectivity index (χ2n) is 4.03. The van der Waals surface area contributed by atoms with E-state index in [0.717, 1.165) is 18.4 Å². The maximum absolute atomic E-state index is 12.3. The van der Waals surface area contributed by atoms with E-state index >= 15 is 0 Å². The van der Waals surface area contributed by atoms with Crippen LogP contribution in [0.25, 0.3) is 0 Å². The summed E-state index contributed by atoms with van der Waals surface area (Å²) in [4.78, 5) is 34.0. The van der Waals surface area contributed by atoms with Crippen LogP contribution in [0.4, 0.5) is 13.2 Å². The summed E-state index contributed by atoms with van der Waals surface area (Å²) in [6, 6.07) is 1.95. The Morgan fingerprint density at radius 1 is 1.38 bits per heavy atom. The molecule has 9 heteroatoms. The molecule has 0 radical (unpaired) electrons. The molecule has 5 nitrogen and oxygen atoms in total. The molecule has 1 N–H and O–H groups in total. The molecule has 1 unspecified atom stereocenters. The lowest BCUT2D eigenvalue weighted by Gasteiger charge is -2.17. The quantitative estimate of drug-likeness (QED) is 0.642. The van der Waals surface area contributed by atoms with Gasteiger partial charge in [0.15, 0.2) is 0 Å². The van der Waals surface area contributed by atoms with Crippen LogP contribution in [0.15, 0.2) is 17.5 Å². The number of hydrogen-bond donors (Lipinski definition) is 1. The Kier molecular flexibility index (Phi) is 5.89. The summed E-state index contributed by atoms with van der Waals surface area (Å²) < 4.78 is 41.2. The fourth-order valence-corrected chi connectivity index (χ4v) is 2.26. The van der Waals surface area contributed by atoms with E-state index in [2.05, 4.69) is 4.74 Å².